The number of amides is 1. The monoisotopic (exact) mass is 237 g/mol. The van der Waals surface area contributed by atoms with Crippen LogP contribution in [0.5, 0.6) is 0 Å². The van der Waals surface area contributed by atoms with Crippen molar-refractivity contribution >= 4 is 23.3 Å². The number of nitrogens with one attached hydrogen (secondary N) is 1. The summed E-state index contributed by atoms with van der Waals surface area (Å²) in [5.41, 5.74) is 12.7. The van der Waals surface area contributed by atoms with Crippen LogP contribution in [0.25, 0.3) is 0 Å². The Balaban J connectivity index is 3.05. The van der Waals surface area contributed by atoms with E-state index in [1.54, 1.807) is 13.0 Å². The van der Waals surface area contributed by atoms with Gasteiger partial charge in [-0.15, -0.1) is 0 Å². The van der Waals surface area contributed by atoms with Crippen LogP contribution in [0.2, 0.25) is 0 Å². The lowest BCUT2D eigenvalue weighted by Crippen LogP contribution is -2.22. The summed E-state index contributed by atoms with van der Waals surface area (Å²) in [7, 11) is 1.28. The van der Waals surface area contributed by atoms with E-state index in [9.17, 15) is 9.59 Å². The second-order valence-electron chi connectivity index (χ2n) is 3.57. The Morgan fingerprint density at radius 1 is 1.41 bits per heavy atom. The van der Waals surface area contributed by atoms with Crippen LogP contribution in [0, 0.1) is 6.92 Å². The molecule has 0 spiro atoms. The summed E-state index contributed by atoms with van der Waals surface area (Å²) in [6, 6.07) is 3.25. The SMILES string of the molecule is COC(=O)c1cc(NCC(N)=O)cc(C)c1N. The molecule has 0 saturated heterocycles. The molecule has 0 heterocycles. The molecule has 1 rings (SSSR count). The summed E-state index contributed by atoms with van der Waals surface area (Å²) in [6.45, 7) is 1.75. The zero-order valence-corrected chi connectivity index (χ0v) is 9.74. The number of hydrogen-bond acceptors (Lipinski definition) is 5. The third-order valence-electron chi connectivity index (χ3n) is 2.26. The van der Waals surface area contributed by atoms with Crippen LogP contribution in [0.3, 0.4) is 0 Å². The maximum absolute atomic E-state index is 11.5. The summed E-state index contributed by atoms with van der Waals surface area (Å²) >= 11 is 0. The summed E-state index contributed by atoms with van der Waals surface area (Å²) < 4.78 is 4.61. The van der Waals surface area contributed by atoms with Crippen molar-refractivity contribution in [2.24, 2.45) is 5.73 Å². The number of benzene rings is 1. The van der Waals surface area contributed by atoms with Gasteiger partial charge in [-0.3, -0.25) is 4.79 Å². The first-order valence-corrected chi connectivity index (χ1v) is 4.96. The van der Waals surface area contributed by atoms with Gasteiger partial charge in [0.15, 0.2) is 0 Å². The molecule has 5 N–H and O–H groups in total. The second kappa shape index (κ2) is 5.20. The van der Waals surface area contributed by atoms with Gasteiger partial charge in [0, 0.05) is 11.4 Å². The summed E-state index contributed by atoms with van der Waals surface area (Å²) in [5.74, 6) is -1.01. The quantitative estimate of drug-likeness (QED) is 0.514. The minimum Gasteiger partial charge on any atom is -0.465 e. The molecule has 6 heteroatoms. The lowest BCUT2D eigenvalue weighted by atomic mass is 10.1. The number of ether oxygens (including phenoxy) is 1. The Hall–Kier alpha value is -2.24. The first-order valence-electron chi connectivity index (χ1n) is 4.96. The summed E-state index contributed by atoms with van der Waals surface area (Å²) in [5, 5.41) is 2.79. The number of aryl methyl sites for hydroxylation is 1. The van der Waals surface area contributed by atoms with Crippen LogP contribution in [-0.4, -0.2) is 25.5 Å². The van der Waals surface area contributed by atoms with Gasteiger partial charge in [0.25, 0.3) is 0 Å². The highest BCUT2D eigenvalue weighted by molar-refractivity contribution is 5.97. The van der Waals surface area contributed by atoms with E-state index in [-0.39, 0.29) is 12.1 Å². The molecular weight excluding hydrogens is 222 g/mol. The number of hydrogen-bond donors (Lipinski definition) is 3. The van der Waals surface area contributed by atoms with Gasteiger partial charge in [-0.2, -0.15) is 0 Å². The molecule has 17 heavy (non-hydrogen) atoms. The molecule has 0 fully saturated rings. The molecular formula is C11H15N3O3. The van der Waals surface area contributed by atoms with E-state index in [0.29, 0.717) is 11.4 Å². The minimum atomic E-state index is -0.520. The van der Waals surface area contributed by atoms with Crippen LogP contribution in [0.4, 0.5) is 11.4 Å². The Labute approximate surface area is 98.9 Å². The molecule has 0 radical (unpaired) electrons. The number of carbonyl (C=O) groups is 2. The molecule has 0 bridgehead atoms. The van der Waals surface area contributed by atoms with Crippen LogP contribution >= 0.6 is 0 Å². The molecule has 0 unspecified atom stereocenters. The summed E-state index contributed by atoms with van der Waals surface area (Å²) in [6.07, 6.45) is 0. The normalized spacial score (nSPS) is 9.76. The highest BCUT2D eigenvalue weighted by Gasteiger charge is 2.13. The Morgan fingerprint density at radius 2 is 2.06 bits per heavy atom. The van der Waals surface area contributed by atoms with Gasteiger partial charge >= 0.3 is 5.97 Å². The standard InChI is InChI=1S/C11H15N3O3/c1-6-3-7(14-5-9(12)15)4-8(10(6)13)11(16)17-2/h3-4,14H,5,13H2,1-2H3,(H2,12,15). The lowest BCUT2D eigenvalue weighted by Gasteiger charge is -2.11. The van der Waals surface area contributed by atoms with Crippen LogP contribution in [0.15, 0.2) is 12.1 Å². The largest absolute Gasteiger partial charge is 0.465 e. The topological polar surface area (TPSA) is 107 Å². The molecule has 0 atom stereocenters. The van der Waals surface area contributed by atoms with E-state index in [4.69, 9.17) is 11.5 Å². The lowest BCUT2D eigenvalue weighted by molar-refractivity contribution is -0.116. The van der Waals surface area contributed by atoms with Crippen LogP contribution in [0.1, 0.15) is 15.9 Å². The maximum Gasteiger partial charge on any atom is 0.340 e. The number of anilines is 2. The third kappa shape index (κ3) is 3.10. The Morgan fingerprint density at radius 3 is 2.59 bits per heavy atom. The Kier molecular flexibility index (Phi) is 3.92. The van der Waals surface area contributed by atoms with E-state index in [2.05, 4.69) is 10.1 Å². The molecule has 0 aliphatic carbocycles. The van der Waals surface area contributed by atoms with Gasteiger partial charge in [0.1, 0.15) is 0 Å². The molecule has 0 aromatic heterocycles. The molecule has 0 saturated carbocycles. The van der Waals surface area contributed by atoms with Crippen molar-refractivity contribution in [3.8, 4) is 0 Å². The van der Waals surface area contributed by atoms with E-state index in [1.807, 2.05) is 0 Å². The minimum absolute atomic E-state index is 0.00995. The van der Waals surface area contributed by atoms with E-state index in [1.165, 1.54) is 13.2 Å². The zero-order chi connectivity index (χ0) is 13.0. The van der Waals surface area contributed by atoms with Gasteiger partial charge in [0.05, 0.1) is 19.2 Å². The number of primary amides is 1. The predicted octanol–water partition coefficient (Wildman–Crippen LogP) is 0.261. The first-order chi connectivity index (χ1) is 7.95. The molecule has 0 aliphatic rings. The number of carbonyl (C=O) groups excluding carboxylic acids is 2. The van der Waals surface area contributed by atoms with Crippen LogP contribution < -0.4 is 16.8 Å². The number of esters is 1. The second-order valence-corrected chi connectivity index (χ2v) is 3.57. The maximum atomic E-state index is 11.5. The van der Waals surface area contributed by atoms with Gasteiger partial charge < -0.3 is 21.5 Å². The van der Waals surface area contributed by atoms with Crippen LogP contribution in [-0.2, 0) is 9.53 Å². The third-order valence-corrected chi connectivity index (χ3v) is 2.26. The fourth-order valence-electron chi connectivity index (χ4n) is 1.37. The highest BCUT2D eigenvalue weighted by atomic mass is 16.5. The van der Waals surface area contributed by atoms with Gasteiger partial charge in [-0.25, -0.2) is 4.79 Å². The van der Waals surface area contributed by atoms with Gasteiger partial charge in [-0.1, -0.05) is 0 Å². The smallest absolute Gasteiger partial charge is 0.340 e. The number of nitrogen functional groups attached to an aromatic ring is 1. The van der Waals surface area contributed by atoms with Crippen molar-refractivity contribution in [1.29, 1.82) is 0 Å². The molecule has 6 nitrogen and oxygen atoms in total. The van der Waals surface area contributed by atoms with Gasteiger partial charge in [-0.05, 0) is 24.6 Å². The average Bonchev–Trinajstić information content (AvgIpc) is 2.29. The fraction of sp³-hybridized carbons (Fsp3) is 0.273. The van der Waals surface area contributed by atoms with Crippen molar-refractivity contribution in [2.75, 3.05) is 24.7 Å². The molecule has 92 valence electrons. The molecule has 1 amide bonds. The summed E-state index contributed by atoms with van der Waals surface area (Å²) in [4.78, 5) is 22.1. The van der Waals surface area contributed by atoms with E-state index < -0.39 is 11.9 Å². The van der Waals surface area contributed by atoms with E-state index in [0.717, 1.165) is 5.56 Å². The van der Waals surface area contributed by atoms with E-state index >= 15 is 0 Å². The molecule has 0 aliphatic heterocycles. The average molecular weight is 237 g/mol. The number of methoxy groups -OCH3 is 1. The zero-order valence-electron chi connectivity index (χ0n) is 9.74. The Bertz CT molecular complexity index is 458. The van der Waals surface area contributed by atoms with Crippen molar-refractivity contribution in [1.82, 2.24) is 0 Å². The number of rotatable bonds is 4. The van der Waals surface area contributed by atoms with Crippen molar-refractivity contribution in [3.05, 3.63) is 23.3 Å². The van der Waals surface area contributed by atoms with Crippen molar-refractivity contribution in [2.45, 2.75) is 6.92 Å². The fourth-order valence-corrected chi connectivity index (χ4v) is 1.37. The first kappa shape index (κ1) is 12.8. The highest BCUT2D eigenvalue weighted by Crippen LogP contribution is 2.23. The van der Waals surface area contributed by atoms with Crippen molar-refractivity contribution < 1.29 is 14.3 Å². The molecule has 1 aromatic rings. The molecule has 1 aromatic carbocycles. The van der Waals surface area contributed by atoms with Gasteiger partial charge in [0.2, 0.25) is 5.91 Å². The van der Waals surface area contributed by atoms with Crippen molar-refractivity contribution in [3.63, 3.8) is 0 Å². The predicted molar refractivity (Wildman–Crippen MR) is 64.6 cm³/mol. The number of nitrogens with two attached hydrogens (primary N) is 2.